The summed E-state index contributed by atoms with van der Waals surface area (Å²) in [7, 11) is 0. The van der Waals surface area contributed by atoms with E-state index in [9.17, 15) is 4.79 Å². The lowest BCUT2D eigenvalue weighted by atomic mass is 9.91. The average molecular weight is 341 g/mol. The first-order chi connectivity index (χ1) is 12.0. The molecule has 1 aliphatic heterocycles. The van der Waals surface area contributed by atoms with Crippen LogP contribution < -0.4 is 4.90 Å². The number of aromatic nitrogens is 4. The SMILES string of the molecule is CC(C)c1n[nH]c([C@H]2CN(c3ccc(C(=O)O)cn3)C[C@@H]2C2CC2)n1. The summed E-state index contributed by atoms with van der Waals surface area (Å²) in [5.41, 5.74) is 0.218. The first-order valence-corrected chi connectivity index (χ1v) is 8.89. The van der Waals surface area contributed by atoms with E-state index in [2.05, 4.69) is 33.9 Å². The van der Waals surface area contributed by atoms with Crippen molar-refractivity contribution in [1.29, 1.82) is 0 Å². The van der Waals surface area contributed by atoms with E-state index in [1.54, 1.807) is 12.1 Å². The maximum absolute atomic E-state index is 11.0. The molecule has 0 aromatic carbocycles. The van der Waals surface area contributed by atoms with E-state index in [0.29, 0.717) is 17.8 Å². The Morgan fingerprint density at radius 1 is 1.32 bits per heavy atom. The molecule has 2 aliphatic rings. The van der Waals surface area contributed by atoms with Crippen LogP contribution in [-0.2, 0) is 0 Å². The van der Waals surface area contributed by atoms with Crippen LogP contribution in [0.15, 0.2) is 18.3 Å². The number of nitrogens with zero attached hydrogens (tertiary/aromatic N) is 4. The number of carboxylic acid groups (broad SMARTS) is 1. The molecular formula is C18H23N5O2. The maximum atomic E-state index is 11.0. The number of carbonyl (C=O) groups is 1. The molecule has 2 fully saturated rings. The van der Waals surface area contributed by atoms with E-state index in [1.165, 1.54) is 19.0 Å². The highest BCUT2D eigenvalue weighted by Crippen LogP contribution is 2.47. The maximum Gasteiger partial charge on any atom is 0.337 e. The second-order valence-corrected chi connectivity index (χ2v) is 7.46. The van der Waals surface area contributed by atoms with Crippen LogP contribution in [0.25, 0.3) is 0 Å². The van der Waals surface area contributed by atoms with Crippen molar-refractivity contribution in [2.75, 3.05) is 18.0 Å². The smallest absolute Gasteiger partial charge is 0.337 e. The Bertz CT molecular complexity index is 766. The Balaban J connectivity index is 1.56. The van der Waals surface area contributed by atoms with Crippen LogP contribution in [0.3, 0.4) is 0 Å². The zero-order valence-electron chi connectivity index (χ0n) is 14.5. The van der Waals surface area contributed by atoms with Gasteiger partial charge in [0.25, 0.3) is 0 Å². The minimum atomic E-state index is -0.947. The van der Waals surface area contributed by atoms with Gasteiger partial charge in [-0.1, -0.05) is 13.8 Å². The van der Waals surface area contributed by atoms with Crippen molar-refractivity contribution >= 4 is 11.8 Å². The van der Waals surface area contributed by atoms with E-state index >= 15 is 0 Å². The second kappa shape index (κ2) is 6.13. The minimum Gasteiger partial charge on any atom is -0.478 e. The molecule has 0 unspecified atom stereocenters. The van der Waals surface area contributed by atoms with E-state index in [4.69, 9.17) is 10.1 Å². The van der Waals surface area contributed by atoms with Crippen molar-refractivity contribution in [2.24, 2.45) is 11.8 Å². The van der Waals surface area contributed by atoms with Gasteiger partial charge in [-0.15, -0.1) is 0 Å². The van der Waals surface area contributed by atoms with Gasteiger partial charge in [0.15, 0.2) is 5.82 Å². The standard InChI is InChI=1S/C18H23N5O2/c1-10(2)16-20-17(22-21-16)14-9-23(8-13(14)11-3-4-11)15-6-5-12(7-19-15)18(24)25/h5-7,10-11,13-14H,3-4,8-9H2,1-2H3,(H,24,25)(H,20,21,22)/t13-,14+/m1/s1. The van der Waals surface area contributed by atoms with Gasteiger partial charge in [0.2, 0.25) is 0 Å². The molecule has 0 radical (unpaired) electrons. The molecule has 132 valence electrons. The molecule has 1 saturated heterocycles. The molecule has 0 spiro atoms. The number of rotatable bonds is 5. The van der Waals surface area contributed by atoms with Crippen LogP contribution in [0.5, 0.6) is 0 Å². The van der Waals surface area contributed by atoms with Gasteiger partial charge in [-0.3, -0.25) is 5.10 Å². The van der Waals surface area contributed by atoms with Gasteiger partial charge in [0.05, 0.1) is 5.56 Å². The highest BCUT2D eigenvalue weighted by atomic mass is 16.4. The molecule has 0 amide bonds. The van der Waals surface area contributed by atoms with Crippen molar-refractivity contribution in [1.82, 2.24) is 20.2 Å². The number of aromatic carboxylic acids is 1. The Morgan fingerprint density at radius 3 is 2.68 bits per heavy atom. The van der Waals surface area contributed by atoms with Crippen molar-refractivity contribution in [3.8, 4) is 0 Å². The summed E-state index contributed by atoms with van der Waals surface area (Å²) in [5, 5.41) is 16.5. The van der Waals surface area contributed by atoms with Gasteiger partial charge in [-0.05, 0) is 36.8 Å². The number of anilines is 1. The quantitative estimate of drug-likeness (QED) is 0.868. The van der Waals surface area contributed by atoms with Gasteiger partial charge in [0.1, 0.15) is 11.6 Å². The highest BCUT2D eigenvalue weighted by Gasteiger charge is 2.44. The fraction of sp³-hybridized carbons (Fsp3) is 0.556. The lowest BCUT2D eigenvalue weighted by Crippen LogP contribution is -2.21. The first-order valence-electron chi connectivity index (χ1n) is 8.89. The summed E-state index contributed by atoms with van der Waals surface area (Å²) >= 11 is 0. The average Bonchev–Trinajstić information content (AvgIpc) is 3.15. The number of carboxylic acids is 1. The molecule has 1 aliphatic carbocycles. The molecule has 7 heteroatoms. The minimum absolute atomic E-state index is 0.218. The first kappa shape index (κ1) is 16.1. The van der Waals surface area contributed by atoms with Crippen molar-refractivity contribution in [3.63, 3.8) is 0 Å². The second-order valence-electron chi connectivity index (χ2n) is 7.46. The van der Waals surface area contributed by atoms with Gasteiger partial charge >= 0.3 is 5.97 Å². The van der Waals surface area contributed by atoms with E-state index in [-0.39, 0.29) is 5.56 Å². The monoisotopic (exact) mass is 341 g/mol. The van der Waals surface area contributed by atoms with Crippen molar-refractivity contribution in [3.05, 3.63) is 35.5 Å². The molecule has 2 aromatic heterocycles. The molecule has 0 bridgehead atoms. The Labute approximate surface area is 146 Å². The summed E-state index contributed by atoms with van der Waals surface area (Å²) in [6.45, 7) is 5.97. The van der Waals surface area contributed by atoms with E-state index in [0.717, 1.165) is 36.5 Å². The normalized spacial score (nSPS) is 23.4. The van der Waals surface area contributed by atoms with Crippen LogP contribution in [0.1, 0.15) is 60.5 Å². The largest absolute Gasteiger partial charge is 0.478 e. The topological polar surface area (TPSA) is 95.0 Å². The van der Waals surface area contributed by atoms with Gasteiger partial charge in [-0.25, -0.2) is 14.8 Å². The zero-order valence-corrected chi connectivity index (χ0v) is 14.5. The van der Waals surface area contributed by atoms with Crippen LogP contribution in [-0.4, -0.2) is 44.3 Å². The molecule has 2 N–H and O–H groups in total. The number of aromatic amines is 1. The molecule has 2 atom stereocenters. The Morgan fingerprint density at radius 2 is 2.12 bits per heavy atom. The van der Waals surface area contributed by atoms with Crippen LogP contribution >= 0.6 is 0 Å². The van der Waals surface area contributed by atoms with Crippen LogP contribution in [0.4, 0.5) is 5.82 Å². The summed E-state index contributed by atoms with van der Waals surface area (Å²) < 4.78 is 0. The third kappa shape index (κ3) is 3.10. The Kier molecular flexibility index (Phi) is 3.94. The fourth-order valence-electron chi connectivity index (χ4n) is 3.72. The summed E-state index contributed by atoms with van der Waals surface area (Å²) in [5.74, 6) is 3.67. The third-order valence-electron chi connectivity index (χ3n) is 5.30. The van der Waals surface area contributed by atoms with Crippen LogP contribution in [0.2, 0.25) is 0 Å². The lowest BCUT2D eigenvalue weighted by molar-refractivity contribution is 0.0696. The molecular weight excluding hydrogens is 318 g/mol. The van der Waals surface area contributed by atoms with Gasteiger partial charge in [-0.2, -0.15) is 5.10 Å². The third-order valence-corrected chi connectivity index (χ3v) is 5.30. The number of H-pyrrole nitrogens is 1. The predicted molar refractivity (Wildman–Crippen MR) is 92.8 cm³/mol. The number of hydrogen-bond donors (Lipinski definition) is 2. The number of hydrogen-bond acceptors (Lipinski definition) is 5. The predicted octanol–water partition coefficient (Wildman–Crippen LogP) is 2.65. The van der Waals surface area contributed by atoms with Crippen LogP contribution in [0, 0.1) is 11.8 Å². The van der Waals surface area contributed by atoms with Crippen molar-refractivity contribution in [2.45, 2.75) is 38.5 Å². The molecule has 3 heterocycles. The Hall–Kier alpha value is -2.44. The zero-order chi connectivity index (χ0) is 17.6. The van der Waals surface area contributed by atoms with E-state index in [1.807, 2.05) is 0 Å². The number of nitrogens with one attached hydrogen (secondary N) is 1. The summed E-state index contributed by atoms with van der Waals surface area (Å²) in [6.07, 6.45) is 4.00. The number of pyridine rings is 1. The molecule has 25 heavy (non-hydrogen) atoms. The fourth-order valence-corrected chi connectivity index (χ4v) is 3.72. The molecule has 4 rings (SSSR count). The summed E-state index contributed by atoms with van der Waals surface area (Å²) in [4.78, 5) is 22.3. The molecule has 2 aromatic rings. The van der Waals surface area contributed by atoms with E-state index < -0.39 is 5.97 Å². The molecule has 1 saturated carbocycles. The van der Waals surface area contributed by atoms with Crippen molar-refractivity contribution < 1.29 is 9.90 Å². The highest BCUT2D eigenvalue weighted by molar-refractivity contribution is 5.87. The van der Waals surface area contributed by atoms with Gasteiger partial charge < -0.3 is 10.0 Å². The molecule has 7 nitrogen and oxygen atoms in total. The van der Waals surface area contributed by atoms with Gasteiger partial charge in [0, 0.05) is 31.1 Å². The summed E-state index contributed by atoms with van der Waals surface area (Å²) in [6, 6.07) is 3.42. The lowest BCUT2D eigenvalue weighted by Gasteiger charge is -2.17.